The second-order valence-corrected chi connectivity index (χ2v) is 5.32. The van der Waals surface area contributed by atoms with E-state index in [1.165, 1.54) is 7.11 Å². The van der Waals surface area contributed by atoms with Gasteiger partial charge in [0, 0.05) is 5.56 Å². The fourth-order valence-electron chi connectivity index (χ4n) is 2.17. The number of aldehydes is 1. The Morgan fingerprint density at radius 3 is 2.29 bits per heavy atom. The van der Waals surface area contributed by atoms with E-state index in [-0.39, 0.29) is 6.10 Å². The maximum absolute atomic E-state index is 11.2. The fourth-order valence-corrected chi connectivity index (χ4v) is 2.17. The topological polar surface area (TPSA) is 54.0 Å². The number of carbonyl (C=O) groups excluding carboxylic acids is 1. The summed E-state index contributed by atoms with van der Waals surface area (Å²) in [4.78, 5) is 11.2. The van der Waals surface area contributed by atoms with Gasteiger partial charge in [-0.25, -0.2) is 0 Å². The monoisotopic (exact) mass is 330 g/mol. The van der Waals surface area contributed by atoms with Crippen molar-refractivity contribution < 1.29 is 23.7 Å². The molecule has 0 saturated carbocycles. The molecule has 2 rings (SSSR count). The van der Waals surface area contributed by atoms with Gasteiger partial charge in [0.2, 0.25) is 5.75 Å². The molecule has 0 aromatic heterocycles. The summed E-state index contributed by atoms with van der Waals surface area (Å²) in [6, 6.07) is 10.6. The number of benzene rings is 2. The van der Waals surface area contributed by atoms with E-state index in [9.17, 15) is 4.79 Å². The van der Waals surface area contributed by atoms with Gasteiger partial charge in [0.25, 0.3) is 0 Å². The van der Waals surface area contributed by atoms with Crippen LogP contribution in [0.2, 0.25) is 0 Å². The molecule has 2 aromatic rings. The summed E-state index contributed by atoms with van der Waals surface area (Å²) in [5.41, 5.74) is 0.437. The number of ether oxygens (including phenoxy) is 4. The van der Waals surface area contributed by atoms with Gasteiger partial charge in [-0.15, -0.1) is 0 Å². The van der Waals surface area contributed by atoms with Gasteiger partial charge in [0.05, 0.1) is 19.8 Å². The summed E-state index contributed by atoms with van der Waals surface area (Å²) in [5, 5.41) is 0. The Labute approximate surface area is 142 Å². The van der Waals surface area contributed by atoms with Gasteiger partial charge in [0.1, 0.15) is 6.29 Å². The van der Waals surface area contributed by atoms with Crippen LogP contribution in [0.4, 0.5) is 0 Å². The summed E-state index contributed by atoms with van der Waals surface area (Å²) < 4.78 is 22.7. The quantitative estimate of drug-likeness (QED) is 0.668. The lowest BCUT2D eigenvalue weighted by atomic mass is 10.2. The van der Waals surface area contributed by atoms with Crippen LogP contribution in [0.3, 0.4) is 0 Å². The number of rotatable bonds is 8. The maximum Gasteiger partial charge on any atom is 0.204 e. The fraction of sp³-hybridized carbons (Fsp3) is 0.316. The lowest BCUT2D eigenvalue weighted by Crippen LogP contribution is -2.08. The maximum atomic E-state index is 11.2. The highest BCUT2D eigenvalue weighted by Crippen LogP contribution is 2.43. The summed E-state index contributed by atoms with van der Waals surface area (Å²) in [6.07, 6.45) is 0.661. The average Bonchev–Trinajstić information content (AvgIpc) is 2.57. The van der Waals surface area contributed by atoms with E-state index in [4.69, 9.17) is 18.9 Å². The molecule has 5 heteroatoms. The normalized spacial score (nSPS) is 10.4. The zero-order chi connectivity index (χ0) is 17.5. The molecule has 0 unspecified atom stereocenters. The van der Waals surface area contributed by atoms with Crippen molar-refractivity contribution in [1.82, 2.24) is 0 Å². The molecule has 24 heavy (non-hydrogen) atoms. The van der Waals surface area contributed by atoms with Crippen LogP contribution in [0.1, 0.15) is 31.1 Å². The van der Waals surface area contributed by atoms with Crippen LogP contribution in [-0.2, 0) is 0 Å². The average molecular weight is 330 g/mol. The van der Waals surface area contributed by atoms with Crippen LogP contribution in [0.25, 0.3) is 0 Å². The second-order valence-electron chi connectivity index (χ2n) is 5.32. The summed E-state index contributed by atoms with van der Waals surface area (Å²) >= 11 is 0. The van der Waals surface area contributed by atoms with E-state index >= 15 is 0 Å². The molecule has 0 saturated heterocycles. The van der Waals surface area contributed by atoms with Crippen LogP contribution >= 0.6 is 0 Å². The highest BCUT2D eigenvalue weighted by Gasteiger charge is 2.18. The summed E-state index contributed by atoms with van der Waals surface area (Å²) in [6.45, 7) is 6.24. The molecule has 0 atom stereocenters. The van der Waals surface area contributed by atoms with Crippen LogP contribution < -0.4 is 18.9 Å². The molecule has 0 aliphatic carbocycles. The van der Waals surface area contributed by atoms with Crippen molar-refractivity contribution in [2.75, 3.05) is 13.7 Å². The lowest BCUT2D eigenvalue weighted by Gasteiger charge is -2.19. The predicted molar refractivity (Wildman–Crippen MR) is 91.8 cm³/mol. The minimum Gasteiger partial charge on any atom is -0.493 e. The minimum atomic E-state index is -0.0783. The molecule has 0 heterocycles. The first-order valence-corrected chi connectivity index (χ1v) is 7.82. The van der Waals surface area contributed by atoms with Crippen LogP contribution in [-0.4, -0.2) is 26.1 Å². The van der Waals surface area contributed by atoms with Crippen molar-refractivity contribution in [3.8, 4) is 28.7 Å². The molecule has 0 bridgehead atoms. The first-order valence-electron chi connectivity index (χ1n) is 7.82. The van der Waals surface area contributed by atoms with Crippen molar-refractivity contribution >= 4 is 6.29 Å². The Hall–Kier alpha value is -2.69. The molecule has 0 aliphatic heterocycles. The van der Waals surface area contributed by atoms with Crippen LogP contribution in [0.5, 0.6) is 28.7 Å². The standard InChI is InChI=1S/C19H22O5/c1-5-22-15-8-6-7-9-16(15)24-18-11-14(12-20)10-17(21-4)19(18)23-13(2)3/h6-13H,5H2,1-4H3. The Morgan fingerprint density at radius 1 is 1.04 bits per heavy atom. The molecule has 0 aliphatic rings. The molecular weight excluding hydrogens is 308 g/mol. The van der Waals surface area contributed by atoms with Crippen molar-refractivity contribution in [2.45, 2.75) is 26.9 Å². The van der Waals surface area contributed by atoms with Gasteiger partial charge >= 0.3 is 0 Å². The number of hydrogen-bond acceptors (Lipinski definition) is 5. The molecule has 2 aromatic carbocycles. The van der Waals surface area contributed by atoms with E-state index in [1.807, 2.05) is 39.0 Å². The smallest absolute Gasteiger partial charge is 0.204 e. The molecule has 5 nitrogen and oxygen atoms in total. The molecule has 0 fully saturated rings. The van der Waals surface area contributed by atoms with E-state index in [0.717, 1.165) is 6.29 Å². The molecule has 0 spiro atoms. The zero-order valence-electron chi connectivity index (χ0n) is 14.4. The first kappa shape index (κ1) is 17.7. The largest absolute Gasteiger partial charge is 0.493 e. The van der Waals surface area contributed by atoms with Crippen molar-refractivity contribution in [2.24, 2.45) is 0 Å². The third-order valence-electron chi connectivity index (χ3n) is 3.12. The van der Waals surface area contributed by atoms with Crippen LogP contribution in [0, 0.1) is 0 Å². The Morgan fingerprint density at radius 2 is 1.71 bits per heavy atom. The third-order valence-corrected chi connectivity index (χ3v) is 3.12. The van der Waals surface area contributed by atoms with Gasteiger partial charge in [-0.2, -0.15) is 0 Å². The number of carbonyl (C=O) groups is 1. The summed E-state index contributed by atoms with van der Waals surface area (Å²) in [5.74, 6) is 2.45. The van der Waals surface area contributed by atoms with E-state index in [1.54, 1.807) is 18.2 Å². The summed E-state index contributed by atoms with van der Waals surface area (Å²) in [7, 11) is 1.52. The molecule has 0 radical (unpaired) electrons. The highest BCUT2D eigenvalue weighted by molar-refractivity contribution is 5.78. The van der Waals surface area contributed by atoms with Gasteiger partial charge in [-0.05, 0) is 45.0 Å². The van der Waals surface area contributed by atoms with E-state index in [2.05, 4.69) is 0 Å². The third kappa shape index (κ3) is 4.19. The lowest BCUT2D eigenvalue weighted by molar-refractivity contribution is 0.112. The Balaban J connectivity index is 2.49. The van der Waals surface area contributed by atoms with E-state index in [0.29, 0.717) is 40.9 Å². The Bertz CT molecular complexity index is 694. The zero-order valence-corrected chi connectivity index (χ0v) is 14.4. The molecule has 128 valence electrons. The van der Waals surface area contributed by atoms with E-state index < -0.39 is 0 Å². The van der Waals surface area contributed by atoms with Crippen LogP contribution in [0.15, 0.2) is 36.4 Å². The minimum absolute atomic E-state index is 0.0783. The molecule has 0 N–H and O–H groups in total. The van der Waals surface area contributed by atoms with Gasteiger partial charge in [-0.3, -0.25) is 4.79 Å². The Kier molecular flexibility index (Phi) is 6.07. The van der Waals surface area contributed by atoms with Gasteiger partial charge in [-0.1, -0.05) is 12.1 Å². The second kappa shape index (κ2) is 8.24. The van der Waals surface area contributed by atoms with Crippen molar-refractivity contribution in [3.05, 3.63) is 42.0 Å². The SMILES string of the molecule is CCOc1ccccc1Oc1cc(C=O)cc(OC)c1OC(C)C. The first-order chi connectivity index (χ1) is 11.6. The van der Waals surface area contributed by atoms with Gasteiger partial charge < -0.3 is 18.9 Å². The van der Waals surface area contributed by atoms with Gasteiger partial charge in [0.15, 0.2) is 23.0 Å². The molecule has 0 amide bonds. The predicted octanol–water partition coefficient (Wildman–Crippen LogP) is 4.49. The van der Waals surface area contributed by atoms with Crippen molar-refractivity contribution in [3.63, 3.8) is 0 Å². The number of hydrogen-bond donors (Lipinski definition) is 0. The molecular formula is C19H22O5. The number of methoxy groups -OCH3 is 1. The van der Waals surface area contributed by atoms with Crippen molar-refractivity contribution in [1.29, 1.82) is 0 Å². The highest BCUT2D eigenvalue weighted by atomic mass is 16.6. The number of para-hydroxylation sites is 2.